The van der Waals surface area contributed by atoms with Gasteiger partial charge in [-0.25, -0.2) is 0 Å². The Hall–Kier alpha value is -1.14. The topological polar surface area (TPSA) is 91.1 Å². The van der Waals surface area contributed by atoms with Gasteiger partial charge in [0.05, 0.1) is 0 Å². The minimum absolute atomic E-state index is 0.212. The van der Waals surface area contributed by atoms with Crippen LogP contribution in [0, 0.1) is 0 Å². The van der Waals surface area contributed by atoms with E-state index < -0.39 is 6.10 Å². The Labute approximate surface area is 82.1 Å². The molecule has 4 N–H and O–H groups in total. The molecule has 0 spiro atoms. The van der Waals surface area contributed by atoms with Crippen molar-refractivity contribution in [2.24, 2.45) is 5.73 Å². The number of hydrogen-bond donors (Lipinski definition) is 3. The average Bonchev–Trinajstić information content (AvgIpc) is 2.70. The van der Waals surface area contributed by atoms with Gasteiger partial charge in [0.2, 0.25) is 5.95 Å². The third-order valence-corrected chi connectivity index (χ3v) is 2.39. The average molecular weight is 197 g/mol. The van der Waals surface area contributed by atoms with Crippen molar-refractivity contribution in [2.75, 3.05) is 18.0 Å². The summed E-state index contributed by atoms with van der Waals surface area (Å²) in [6.07, 6.45) is 0.367. The van der Waals surface area contributed by atoms with E-state index in [1.165, 1.54) is 0 Å². The summed E-state index contributed by atoms with van der Waals surface area (Å²) in [6, 6.07) is 0.212. The number of nitrogens with one attached hydrogen (secondary N) is 1. The molecule has 78 valence electrons. The van der Waals surface area contributed by atoms with E-state index in [2.05, 4.69) is 15.2 Å². The lowest BCUT2D eigenvalue weighted by Crippen LogP contribution is -2.27. The highest BCUT2D eigenvalue weighted by molar-refractivity contribution is 5.31. The van der Waals surface area contributed by atoms with Crippen LogP contribution in [0.15, 0.2) is 0 Å². The predicted octanol–water partition coefficient (Wildman–Crippen LogP) is -0.605. The molecule has 1 fully saturated rings. The maximum Gasteiger partial charge on any atom is 0.244 e. The van der Waals surface area contributed by atoms with E-state index in [9.17, 15) is 5.11 Å². The van der Waals surface area contributed by atoms with Crippen LogP contribution in [0.2, 0.25) is 0 Å². The molecule has 1 saturated heterocycles. The predicted molar refractivity (Wildman–Crippen MR) is 51.8 cm³/mol. The zero-order valence-electron chi connectivity index (χ0n) is 8.14. The van der Waals surface area contributed by atoms with Crippen LogP contribution in [0.5, 0.6) is 0 Å². The van der Waals surface area contributed by atoms with E-state index in [1.807, 2.05) is 4.90 Å². The van der Waals surface area contributed by atoms with E-state index in [0.29, 0.717) is 11.8 Å². The fourth-order valence-corrected chi connectivity index (χ4v) is 1.56. The van der Waals surface area contributed by atoms with Gasteiger partial charge in [0.1, 0.15) is 6.10 Å². The van der Waals surface area contributed by atoms with Crippen LogP contribution < -0.4 is 10.6 Å². The quantitative estimate of drug-likeness (QED) is 0.588. The lowest BCUT2D eigenvalue weighted by Gasteiger charge is -2.11. The molecule has 1 aliphatic rings. The van der Waals surface area contributed by atoms with E-state index >= 15 is 0 Å². The van der Waals surface area contributed by atoms with Crippen LogP contribution >= 0.6 is 0 Å². The summed E-state index contributed by atoms with van der Waals surface area (Å²) in [5.74, 6) is 1.13. The van der Waals surface area contributed by atoms with Crippen molar-refractivity contribution in [3.63, 3.8) is 0 Å². The Morgan fingerprint density at radius 1 is 1.71 bits per heavy atom. The van der Waals surface area contributed by atoms with Gasteiger partial charge in [-0.3, -0.25) is 5.10 Å². The van der Waals surface area contributed by atoms with Crippen LogP contribution in [-0.4, -0.2) is 39.4 Å². The Morgan fingerprint density at radius 2 is 2.50 bits per heavy atom. The molecule has 1 aromatic rings. The highest BCUT2D eigenvalue weighted by Crippen LogP contribution is 2.16. The minimum Gasteiger partial charge on any atom is -0.385 e. The SMILES string of the molecule is C[C@H](O)c1nc(N2CCC(N)C2)n[nH]1. The second-order valence-corrected chi connectivity index (χ2v) is 3.69. The molecule has 0 aromatic carbocycles. The molecular weight excluding hydrogens is 182 g/mol. The largest absolute Gasteiger partial charge is 0.385 e. The Morgan fingerprint density at radius 3 is 3.00 bits per heavy atom. The molecule has 0 saturated carbocycles. The summed E-state index contributed by atoms with van der Waals surface area (Å²) in [7, 11) is 0. The van der Waals surface area contributed by atoms with Gasteiger partial charge in [-0.1, -0.05) is 0 Å². The van der Waals surface area contributed by atoms with Crippen molar-refractivity contribution in [3.8, 4) is 0 Å². The van der Waals surface area contributed by atoms with Gasteiger partial charge in [-0.05, 0) is 13.3 Å². The number of hydrogen-bond acceptors (Lipinski definition) is 5. The molecular formula is C8H15N5O. The zero-order valence-corrected chi connectivity index (χ0v) is 8.14. The number of aliphatic hydroxyl groups is 1. The van der Waals surface area contributed by atoms with Gasteiger partial charge in [0.25, 0.3) is 0 Å². The number of nitrogens with zero attached hydrogens (tertiary/aromatic N) is 3. The Bertz CT molecular complexity index is 310. The van der Waals surface area contributed by atoms with Crippen molar-refractivity contribution in [2.45, 2.75) is 25.5 Å². The molecule has 0 radical (unpaired) electrons. The molecule has 2 rings (SSSR count). The summed E-state index contributed by atoms with van der Waals surface area (Å²) < 4.78 is 0. The van der Waals surface area contributed by atoms with Gasteiger partial charge in [0.15, 0.2) is 5.82 Å². The third kappa shape index (κ3) is 1.71. The molecule has 2 atom stereocenters. The highest BCUT2D eigenvalue weighted by atomic mass is 16.3. The third-order valence-electron chi connectivity index (χ3n) is 2.39. The van der Waals surface area contributed by atoms with E-state index in [-0.39, 0.29) is 6.04 Å². The number of aromatic amines is 1. The lowest BCUT2D eigenvalue weighted by atomic mass is 10.3. The first kappa shape index (κ1) is 9.42. The molecule has 1 aliphatic heterocycles. The molecule has 14 heavy (non-hydrogen) atoms. The molecule has 6 nitrogen and oxygen atoms in total. The van der Waals surface area contributed by atoms with E-state index in [1.54, 1.807) is 6.92 Å². The summed E-state index contributed by atoms with van der Waals surface area (Å²) in [6.45, 7) is 3.33. The number of anilines is 1. The van der Waals surface area contributed by atoms with E-state index in [0.717, 1.165) is 19.5 Å². The first-order valence-electron chi connectivity index (χ1n) is 4.77. The summed E-state index contributed by atoms with van der Waals surface area (Å²) in [5.41, 5.74) is 5.77. The molecule has 1 aromatic heterocycles. The fourth-order valence-electron chi connectivity index (χ4n) is 1.56. The van der Waals surface area contributed by atoms with Crippen molar-refractivity contribution < 1.29 is 5.11 Å². The molecule has 0 aliphatic carbocycles. The van der Waals surface area contributed by atoms with E-state index in [4.69, 9.17) is 5.73 Å². The second-order valence-electron chi connectivity index (χ2n) is 3.69. The van der Waals surface area contributed by atoms with Crippen LogP contribution in [0.3, 0.4) is 0 Å². The van der Waals surface area contributed by atoms with Gasteiger partial charge in [0, 0.05) is 19.1 Å². The number of H-pyrrole nitrogens is 1. The molecule has 2 heterocycles. The van der Waals surface area contributed by atoms with Crippen molar-refractivity contribution in [1.29, 1.82) is 0 Å². The maximum absolute atomic E-state index is 9.25. The molecule has 0 amide bonds. The molecule has 6 heteroatoms. The van der Waals surface area contributed by atoms with Gasteiger partial charge >= 0.3 is 0 Å². The number of aliphatic hydroxyl groups excluding tert-OH is 1. The summed E-state index contributed by atoms with van der Waals surface area (Å²) >= 11 is 0. The van der Waals surface area contributed by atoms with Gasteiger partial charge in [-0.2, -0.15) is 4.98 Å². The standard InChI is InChI=1S/C8H15N5O/c1-5(14)7-10-8(12-11-7)13-3-2-6(9)4-13/h5-6,14H,2-4,9H2,1H3,(H,10,11,12)/t5-,6?/m0/s1. The normalized spacial score (nSPS) is 24.2. The Balaban J connectivity index is 2.09. The summed E-state index contributed by atoms with van der Waals surface area (Å²) in [4.78, 5) is 6.20. The van der Waals surface area contributed by atoms with Crippen LogP contribution in [0.25, 0.3) is 0 Å². The highest BCUT2D eigenvalue weighted by Gasteiger charge is 2.22. The van der Waals surface area contributed by atoms with Crippen molar-refractivity contribution in [3.05, 3.63) is 5.82 Å². The number of nitrogens with two attached hydrogens (primary N) is 1. The molecule has 1 unspecified atom stereocenters. The smallest absolute Gasteiger partial charge is 0.244 e. The van der Waals surface area contributed by atoms with Gasteiger partial charge < -0.3 is 15.7 Å². The van der Waals surface area contributed by atoms with Gasteiger partial charge in [-0.15, -0.1) is 5.10 Å². The first-order valence-corrected chi connectivity index (χ1v) is 4.77. The van der Waals surface area contributed by atoms with Crippen molar-refractivity contribution in [1.82, 2.24) is 15.2 Å². The van der Waals surface area contributed by atoms with Crippen LogP contribution in [0.1, 0.15) is 25.3 Å². The van der Waals surface area contributed by atoms with Crippen LogP contribution in [-0.2, 0) is 0 Å². The summed E-state index contributed by atoms with van der Waals surface area (Å²) in [5, 5.41) is 16.0. The number of aromatic nitrogens is 3. The number of rotatable bonds is 2. The van der Waals surface area contributed by atoms with Crippen LogP contribution in [0.4, 0.5) is 5.95 Å². The fraction of sp³-hybridized carbons (Fsp3) is 0.750. The zero-order chi connectivity index (χ0) is 10.1. The first-order chi connectivity index (χ1) is 6.66. The van der Waals surface area contributed by atoms with Crippen molar-refractivity contribution >= 4 is 5.95 Å². The Kier molecular flexibility index (Phi) is 2.39. The molecule has 0 bridgehead atoms. The monoisotopic (exact) mass is 197 g/mol. The second kappa shape index (κ2) is 3.55. The minimum atomic E-state index is -0.604. The maximum atomic E-state index is 9.25. The lowest BCUT2D eigenvalue weighted by molar-refractivity contribution is 0.189.